The van der Waals surface area contributed by atoms with E-state index in [1.165, 1.54) is 4.90 Å². The Hall–Kier alpha value is -2.08. The third-order valence-corrected chi connectivity index (χ3v) is 3.10. The zero-order valence-corrected chi connectivity index (χ0v) is 12.6. The highest BCUT2D eigenvalue weighted by Crippen LogP contribution is 2.13. The molecule has 21 heavy (non-hydrogen) atoms. The molecule has 6 heteroatoms. The van der Waals surface area contributed by atoms with Gasteiger partial charge in [0.25, 0.3) is 0 Å². The molecule has 2 amide bonds. The average molecular weight is 293 g/mol. The van der Waals surface area contributed by atoms with E-state index in [4.69, 9.17) is 10.5 Å². The molecule has 0 aromatic heterocycles. The summed E-state index contributed by atoms with van der Waals surface area (Å²) in [5.41, 5.74) is 7.46. The van der Waals surface area contributed by atoms with Gasteiger partial charge in [0.2, 0.25) is 11.8 Å². The fourth-order valence-corrected chi connectivity index (χ4v) is 1.85. The highest BCUT2D eigenvalue weighted by molar-refractivity contribution is 5.84. The number of carbonyl (C=O) groups excluding carboxylic acids is 2. The molecule has 116 valence electrons. The number of benzene rings is 1. The highest BCUT2D eigenvalue weighted by Gasteiger charge is 2.13. The molecule has 0 heterocycles. The molecule has 0 saturated heterocycles. The number of nitrogens with one attached hydrogen (secondary N) is 1. The van der Waals surface area contributed by atoms with E-state index in [-0.39, 0.29) is 18.4 Å². The molecule has 0 aliphatic rings. The number of carbonyl (C=O) groups is 2. The quantitative estimate of drug-likeness (QED) is 0.537. The molecule has 0 bridgehead atoms. The summed E-state index contributed by atoms with van der Waals surface area (Å²) in [6.45, 7) is 0.946. The Morgan fingerprint density at radius 1 is 1.33 bits per heavy atom. The molecule has 3 N–H and O–H groups in total. The fourth-order valence-electron chi connectivity index (χ4n) is 1.85. The Labute approximate surface area is 125 Å². The van der Waals surface area contributed by atoms with Crippen LogP contribution in [0.25, 0.3) is 0 Å². The number of nitrogens with two attached hydrogens (primary N) is 1. The standard InChI is InChI=1S/C15H23N3O3/c1-18(11-14(19)17-9-10-21-2)15(20)8-7-12-5-3-4-6-13(12)16/h3-6H,7-11,16H2,1-2H3,(H,17,19). The number of methoxy groups -OCH3 is 1. The number of para-hydroxylation sites is 1. The van der Waals surface area contributed by atoms with Crippen molar-refractivity contribution in [1.82, 2.24) is 10.2 Å². The molecule has 0 fully saturated rings. The first-order chi connectivity index (χ1) is 10.0. The van der Waals surface area contributed by atoms with Crippen molar-refractivity contribution >= 4 is 17.5 Å². The van der Waals surface area contributed by atoms with Crippen LogP contribution < -0.4 is 11.1 Å². The molecular formula is C15H23N3O3. The van der Waals surface area contributed by atoms with E-state index in [1.807, 2.05) is 24.3 Å². The van der Waals surface area contributed by atoms with Crippen molar-refractivity contribution in [3.63, 3.8) is 0 Å². The van der Waals surface area contributed by atoms with Gasteiger partial charge in [0.05, 0.1) is 13.2 Å². The van der Waals surface area contributed by atoms with Crippen molar-refractivity contribution in [3.8, 4) is 0 Å². The first-order valence-electron chi connectivity index (χ1n) is 6.87. The summed E-state index contributed by atoms with van der Waals surface area (Å²) in [5.74, 6) is -0.276. The number of nitrogens with zero attached hydrogens (tertiary/aromatic N) is 1. The molecule has 0 aliphatic heterocycles. The van der Waals surface area contributed by atoms with Crippen LogP contribution in [0.2, 0.25) is 0 Å². The predicted molar refractivity (Wildman–Crippen MR) is 81.7 cm³/mol. The highest BCUT2D eigenvalue weighted by atomic mass is 16.5. The van der Waals surface area contributed by atoms with Gasteiger partial charge in [-0.25, -0.2) is 0 Å². The lowest BCUT2D eigenvalue weighted by molar-refractivity contribution is -0.134. The monoisotopic (exact) mass is 293 g/mol. The van der Waals surface area contributed by atoms with Crippen molar-refractivity contribution in [2.75, 3.05) is 39.6 Å². The van der Waals surface area contributed by atoms with Gasteiger partial charge in [-0.15, -0.1) is 0 Å². The molecule has 0 aliphatic carbocycles. The Morgan fingerprint density at radius 3 is 2.71 bits per heavy atom. The van der Waals surface area contributed by atoms with E-state index in [0.29, 0.717) is 31.7 Å². The number of nitrogen functional groups attached to an aromatic ring is 1. The molecule has 6 nitrogen and oxygen atoms in total. The van der Waals surface area contributed by atoms with Crippen LogP contribution in [0.15, 0.2) is 24.3 Å². The minimum atomic E-state index is -0.192. The number of anilines is 1. The zero-order chi connectivity index (χ0) is 15.7. The maximum atomic E-state index is 12.0. The van der Waals surface area contributed by atoms with Crippen molar-refractivity contribution in [3.05, 3.63) is 29.8 Å². The zero-order valence-electron chi connectivity index (χ0n) is 12.6. The van der Waals surface area contributed by atoms with Crippen LogP contribution in [0.4, 0.5) is 5.69 Å². The Balaban J connectivity index is 2.34. The molecule has 0 unspecified atom stereocenters. The summed E-state index contributed by atoms with van der Waals surface area (Å²) in [4.78, 5) is 25.0. The van der Waals surface area contributed by atoms with Gasteiger partial charge in [-0.2, -0.15) is 0 Å². The lowest BCUT2D eigenvalue weighted by Crippen LogP contribution is -2.39. The number of hydrogen-bond donors (Lipinski definition) is 2. The minimum Gasteiger partial charge on any atom is -0.399 e. The van der Waals surface area contributed by atoms with Crippen LogP contribution in [0.3, 0.4) is 0 Å². The summed E-state index contributed by atoms with van der Waals surface area (Å²) in [5, 5.41) is 2.67. The summed E-state index contributed by atoms with van der Waals surface area (Å²) in [6.07, 6.45) is 0.900. The van der Waals surface area contributed by atoms with Gasteiger partial charge < -0.3 is 20.7 Å². The van der Waals surface area contributed by atoms with Gasteiger partial charge in [-0.05, 0) is 18.1 Å². The van der Waals surface area contributed by atoms with Gasteiger partial charge >= 0.3 is 0 Å². The van der Waals surface area contributed by atoms with E-state index >= 15 is 0 Å². The van der Waals surface area contributed by atoms with Crippen LogP contribution in [0.1, 0.15) is 12.0 Å². The van der Waals surface area contributed by atoms with Gasteiger partial charge in [-0.3, -0.25) is 9.59 Å². The number of hydrogen-bond acceptors (Lipinski definition) is 4. The normalized spacial score (nSPS) is 10.2. The lowest BCUT2D eigenvalue weighted by atomic mass is 10.1. The molecule has 1 aromatic rings. The van der Waals surface area contributed by atoms with E-state index < -0.39 is 0 Å². The minimum absolute atomic E-state index is 0.0484. The van der Waals surface area contributed by atoms with E-state index in [2.05, 4.69) is 5.32 Å². The molecule has 0 spiro atoms. The average Bonchev–Trinajstić information content (AvgIpc) is 2.46. The number of rotatable bonds is 8. The third kappa shape index (κ3) is 6.27. The Kier molecular flexibility index (Phi) is 7.25. The van der Waals surface area contributed by atoms with Crippen molar-refractivity contribution in [1.29, 1.82) is 0 Å². The van der Waals surface area contributed by atoms with Gasteiger partial charge in [0.1, 0.15) is 0 Å². The van der Waals surface area contributed by atoms with Gasteiger partial charge in [0.15, 0.2) is 0 Å². The van der Waals surface area contributed by atoms with Crippen LogP contribution >= 0.6 is 0 Å². The first-order valence-corrected chi connectivity index (χ1v) is 6.87. The summed E-state index contributed by atoms with van der Waals surface area (Å²) >= 11 is 0. The Bertz CT molecular complexity index is 477. The smallest absolute Gasteiger partial charge is 0.239 e. The lowest BCUT2D eigenvalue weighted by Gasteiger charge is -2.17. The molecule has 1 rings (SSSR count). The second-order valence-corrected chi connectivity index (χ2v) is 4.79. The third-order valence-electron chi connectivity index (χ3n) is 3.10. The number of ether oxygens (including phenoxy) is 1. The summed E-state index contributed by atoms with van der Waals surface area (Å²) in [7, 11) is 3.18. The molecule has 0 radical (unpaired) electrons. The number of likely N-dealkylation sites (N-methyl/N-ethyl adjacent to an activating group) is 1. The van der Waals surface area contributed by atoms with Crippen molar-refractivity contribution in [2.45, 2.75) is 12.8 Å². The van der Waals surface area contributed by atoms with Crippen molar-refractivity contribution in [2.24, 2.45) is 0 Å². The van der Waals surface area contributed by atoms with E-state index in [0.717, 1.165) is 5.56 Å². The summed E-state index contributed by atoms with van der Waals surface area (Å²) in [6, 6.07) is 7.47. The molecule has 0 atom stereocenters. The maximum absolute atomic E-state index is 12.0. The molecule has 0 saturated carbocycles. The van der Waals surface area contributed by atoms with Crippen LogP contribution in [-0.4, -0.2) is 50.6 Å². The van der Waals surface area contributed by atoms with Crippen molar-refractivity contribution < 1.29 is 14.3 Å². The fraction of sp³-hybridized carbons (Fsp3) is 0.467. The molecular weight excluding hydrogens is 270 g/mol. The SMILES string of the molecule is COCCNC(=O)CN(C)C(=O)CCc1ccccc1N. The second kappa shape index (κ2) is 8.97. The summed E-state index contributed by atoms with van der Waals surface area (Å²) < 4.78 is 4.84. The largest absolute Gasteiger partial charge is 0.399 e. The first kappa shape index (κ1) is 17.0. The Morgan fingerprint density at radius 2 is 2.05 bits per heavy atom. The topological polar surface area (TPSA) is 84.7 Å². The molecule has 1 aromatic carbocycles. The maximum Gasteiger partial charge on any atom is 0.239 e. The predicted octanol–water partition coefficient (Wildman–Crippen LogP) is 0.422. The van der Waals surface area contributed by atoms with Gasteiger partial charge in [-0.1, -0.05) is 18.2 Å². The van der Waals surface area contributed by atoms with E-state index in [9.17, 15) is 9.59 Å². The van der Waals surface area contributed by atoms with E-state index in [1.54, 1.807) is 14.2 Å². The van der Waals surface area contributed by atoms with Crippen LogP contribution in [-0.2, 0) is 20.7 Å². The second-order valence-electron chi connectivity index (χ2n) is 4.79. The van der Waals surface area contributed by atoms with Crippen LogP contribution in [0, 0.1) is 0 Å². The van der Waals surface area contributed by atoms with Crippen LogP contribution in [0.5, 0.6) is 0 Å². The number of amides is 2. The number of aryl methyl sites for hydroxylation is 1. The van der Waals surface area contributed by atoms with Gasteiger partial charge in [0, 0.05) is 32.8 Å².